The van der Waals surface area contributed by atoms with Crippen LogP contribution in [-0.2, 0) is 0 Å². The molecule has 2 aromatic rings. The van der Waals surface area contributed by atoms with Gasteiger partial charge in [0.2, 0.25) is 0 Å². The number of nitrogens with one attached hydrogen (secondary N) is 1. The number of hydrogen-bond acceptors (Lipinski definition) is 3. The van der Waals surface area contributed by atoms with Crippen LogP contribution in [0.4, 0.5) is 10.1 Å². The highest BCUT2D eigenvalue weighted by atomic mass is 19.1. The van der Waals surface area contributed by atoms with Crippen LogP contribution in [0.25, 0.3) is 0 Å². The number of aryl methyl sites for hydroxylation is 1. The van der Waals surface area contributed by atoms with Gasteiger partial charge < -0.3 is 10.4 Å². The van der Waals surface area contributed by atoms with Crippen LogP contribution in [0.2, 0.25) is 0 Å². The molecular formula is C16H13FN2O2. The number of aliphatic hydroxyl groups excluding tert-OH is 1. The average molecular weight is 284 g/mol. The fourth-order valence-corrected chi connectivity index (χ4v) is 1.73. The van der Waals surface area contributed by atoms with Gasteiger partial charge in [0.15, 0.2) is 0 Å². The quantitative estimate of drug-likeness (QED) is 0.830. The molecule has 2 N–H and O–H groups in total. The molecule has 0 atom stereocenters. The Bertz CT molecular complexity index is 733. The zero-order valence-electron chi connectivity index (χ0n) is 11.4. The third-order valence-corrected chi connectivity index (χ3v) is 2.74. The second-order valence-corrected chi connectivity index (χ2v) is 4.28. The summed E-state index contributed by atoms with van der Waals surface area (Å²) in [6, 6.07) is 7.59. The summed E-state index contributed by atoms with van der Waals surface area (Å²) in [6.07, 6.45) is 1.48. The summed E-state index contributed by atoms with van der Waals surface area (Å²) >= 11 is 0. The Morgan fingerprint density at radius 3 is 2.95 bits per heavy atom. The number of aliphatic hydroxyl groups is 1. The Balaban J connectivity index is 2.26. The summed E-state index contributed by atoms with van der Waals surface area (Å²) in [5, 5.41) is 11.4. The van der Waals surface area contributed by atoms with E-state index in [-0.39, 0.29) is 18.1 Å². The van der Waals surface area contributed by atoms with Crippen LogP contribution >= 0.6 is 0 Å². The molecule has 0 spiro atoms. The smallest absolute Gasteiger partial charge is 0.275 e. The maximum absolute atomic E-state index is 13.2. The molecule has 0 aliphatic carbocycles. The Morgan fingerprint density at radius 2 is 2.24 bits per heavy atom. The largest absolute Gasteiger partial charge is 0.384 e. The van der Waals surface area contributed by atoms with Crippen molar-refractivity contribution in [1.82, 2.24) is 4.98 Å². The van der Waals surface area contributed by atoms with Gasteiger partial charge in [-0.1, -0.05) is 11.8 Å². The van der Waals surface area contributed by atoms with E-state index in [4.69, 9.17) is 5.11 Å². The van der Waals surface area contributed by atoms with Crippen molar-refractivity contribution in [3.8, 4) is 11.8 Å². The molecule has 0 aliphatic heterocycles. The van der Waals surface area contributed by atoms with Gasteiger partial charge in [-0.05, 0) is 42.8 Å². The molecule has 1 amide bonds. The zero-order chi connectivity index (χ0) is 15.2. The predicted molar refractivity (Wildman–Crippen MR) is 77.3 cm³/mol. The molecule has 0 unspecified atom stereocenters. The Labute approximate surface area is 121 Å². The lowest BCUT2D eigenvalue weighted by Crippen LogP contribution is -2.15. The summed E-state index contributed by atoms with van der Waals surface area (Å²) < 4.78 is 13.2. The summed E-state index contributed by atoms with van der Waals surface area (Å²) in [5.41, 5.74) is 1.49. The van der Waals surface area contributed by atoms with E-state index in [9.17, 15) is 9.18 Å². The minimum Gasteiger partial charge on any atom is -0.384 e. The minimum atomic E-state index is -0.441. The van der Waals surface area contributed by atoms with E-state index in [0.29, 0.717) is 16.8 Å². The van der Waals surface area contributed by atoms with Gasteiger partial charge in [-0.15, -0.1) is 0 Å². The summed E-state index contributed by atoms with van der Waals surface area (Å²) in [7, 11) is 0. The van der Waals surface area contributed by atoms with Crippen molar-refractivity contribution in [2.75, 3.05) is 11.9 Å². The lowest BCUT2D eigenvalue weighted by molar-refractivity contribution is 0.102. The summed E-state index contributed by atoms with van der Waals surface area (Å²) in [5.74, 6) is 4.37. The highest BCUT2D eigenvalue weighted by Crippen LogP contribution is 2.15. The van der Waals surface area contributed by atoms with Crippen molar-refractivity contribution < 1.29 is 14.3 Å². The lowest BCUT2D eigenvalue weighted by Gasteiger charge is -2.07. The standard InChI is InChI=1S/C16H13FN2O2/c1-11-10-13(6-7-14(11)17)19-16(21)15-12(5-3-9-20)4-2-8-18-15/h2,4,6-8,10,20H,9H2,1H3,(H,19,21). The molecule has 106 valence electrons. The highest BCUT2D eigenvalue weighted by Gasteiger charge is 2.12. The first-order chi connectivity index (χ1) is 10.1. The first kappa shape index (κ1) is 14.7. The number of rotatable bonds is 2. The molecule has 1 aromatic heterocycles. The maximum Gasteiger partial charge on any atom is 0.275 e. The number of hydrogen-bond donors (Lipinski definition) is 2. The van der Waals surface area contributed by atoms with E-state index in [2.05, 4.69) is 22.1 Å². The molecule has 4 nitrogen and oxygen atoms in total. The van der Waals surface area contributed by atoms with Gasteiger partial charge in [0.25, 0.3) is 5.91 Å². The number of amides is 1. The predicted octanol–water partition coefficient (Wildman–Crippen LogP) is 2.13. The number of anilines is 1. The van der Waals surface area contributed by atoms with Crippen molar-refractivity contribution in [3.05, 3.63) is 59.2 Å². The molecular weight excluding hydrogens is 271 g/mol. The summed E-state index contributed by atoms with van der Waals surface area (Å²) in [6.45, 7) is 1.32. The van der Waals surface area contributed by atoms with Gasteiger partial charge in [-0.3, -0.25) is 4.79 Å². The molecule has 0 aliphatic rings. The van der Waals surface area contributed by atoms with E-state index in [0.717, 1.165) is 0 Å². The molecule has 0 saturated heterocycles. The first-order valence-electron chi connectivity index (χ1n) is 6.24. The van der Waals surface area contributed by atoms with Crippen LogP contribution in [0.3, 0.4) is 0 Å². The van der Waals surface area contributed by atoms with Crippen molar-refractivity contribution in [3.63, 3.8) is 0 Å². The number of aromatic nitrogens is 1. The fourth-order valence-electron chi connectivity index (χ4n) is 1.73. The van der Waals surface area contributed by atoms with Crippen molar-refractivity contribution in [2.24, 2.45) is 0 Å². The Kier molecular flexibility index (Phi) is 4.64. The van der Waals surface area contributed by atoms with Crippen LogP contribution in [0, 0.1) is 24.6 Å². The van der Waals surface area contributed by atoms with Crippen LogP contribution in [0.5, 0.6) is 0 Å². The second-order valence-electron chi connectivity index (χ2n) is 4.28. The van der Waals surface area contributed by atoms with Crippen molar-refractivity contribution in [1.29, 1.82) is 0 Å². The fraction of sp³-hybridized carbons (Fsp3) is 0.125. The van der Waals surface area contributed by atoms with Crippen LogP contribution in [-0.4, -0.2) is 22.6 Å². The third-order valence-electron chi connectivity index (χ3n) is 2.74. The molecule has 2 rings (SSSR count). The maximum atomic E-state index is 13.2. The zero-order valence-corrected chi connectivity index (χ0v) is 11.4. The lowest BCUT2D eigenvalue weighted by atomic mass is 10.1. The van der Waals surface area contributed by atoms with Crippen LogP contribution < -0.4 is 5.32 Å². The van der Waals surface area contributed by atoms with E-state index in [1.165, 1.54) is 24.4 Å². The molecule has 0 radical (unpaired) electrons. The normalized spacial score (nSPS) is 9.67. The van der Waals surface area contributed by atoms with Crippen LogP contribution in [0.1, 0.15) is 21.6 Å². The van der Waals surface area contributed by atoms with E-state index >= 15 is 0 Å². The highest BCUT2D eigenvalue weighted by molar-refractivity contribution is 6.04. The SMILES string of the molecule is Cc1cc(NC(=O)c2ncccc2C#CCO)ccc1F. The van der Waals surface area contributed by atoms with Crippen molar-refractivity contribution >= 4 is 11.6 Å². The van der Waals surface area contributed by atoms with Gasteiger partial charge in [0, 0.05) is 11.9 Å². The van der Waals surface area contributed by atoms with Gasteiger partial charge >= 0.3 is 0 Å². The first-order valence-corrected chi connectivity index (χ1v) is 6.24. The minimum absolute atomic E-state index is 0.153. The molecule has 21 heavy (non-hydrogen) atoms. The Hall–Kier alpha value is -2.71. The molecule has 1 heterocycles. The number of pyridine rings is 1. The van der Waals surface area contributed by atoms with Gasteiger partial charge in [-0.2, -0.15) is 0 Å². The topological polar surface area (TPSA) is 62.2 Å². The van der Waals surface area contributed by atoms with Gasteiger partial charge in [0.05, 0.1) is 5.56 Å². The van der Waals surface area contributed by atoms with Crippen molar-refractivity contribution in [2.45, 2.75) is 6.92 Å². The summed E-state index contributed by atoms with van der Waals surface area (Å²) in [4.78, 5) is 16.2. The molecule has 1 aromatic carbocycles. The van der Waals surface area contributed by atoms with E-state index in [1.54, 1.807) is 19.1 Å². The third kappa shape index (κ3) is 3.65. The number of halogens is 1. The van der Waals surface area contributed by atoms with E-state index < -0.39 is 5.91 Å². The number of carbonyl (C=O) groups is 1. The molecule has 5 heteroatoms. The van der Waals surface area contributed by atoms with Gasteiger partial charge in [-0.25, -0.2) is 9.37 Å². The molecule has 0 saturated carbocycles. The van der Waals surface area contributed by atoms with Gasteiger partial charge in [0.1, 0.15) is 18.1 Å². The average Bonchev–Trinajstić information content (AvgIpc) is 2.49. The number of carbonyl (C=O) groups excluding carboxylic acids is 1. The van der Waals surface area contributed by atoms with Crippen LogP contribution in [0.15, 0.2) is 36.5 Å². The number of benzene rings is 1. The van der Waals surface area contributed by atoms with E-state index in [1.807, 2.05) is 0 Å². The molecule has 0 bridgehead atoms. The Morgan fingerprint density at radius 1 is 1.43 bits per heavy atom. The monoisotopic (exact) mass is 284 g/mol. The second kappa shape index (κ2) is 6.64. The molecule has 0 fully saturated rings. The number of nitrogens with zero attached hydrogens (tertiary/aromatic N) is 1.